The van der Waals surface area contributed by atoms with E-state index in [1.807, 2.05) is 85.0 Å². The van der Waals surface area contributed by atoms with Crippen LogP contribution in [-0.4, -0.2) is 24.3 Å². The highest BCUT2D eigenvalue weighted by Crippen LogP contribution is 2.40. The average Bonchev–Trinajstić information content (AvgIpc) is 3.33. The Balaban J connectivity index is 1.42. The zero-order valence-corrected chi connectivity index (χ0v) is 27.0. The lowest BCUT2D eigenvalue weighted by molar-refractivity contribution is -0.139. The van der Waals surface area contributed by atoms with Crippen LogP contribution in [0.2, 0.25) is 0 Å². The smallest absolute Gasteiger partial charge is 0.338 e. The van der Waals surface area contributed by atoms with Crippen LogP contribution in [0, 0.1) is 5.92 Å². The van der Waals surface area contributed by atoms with Crippen molar-refractivity contribution in [1.82, 2.24) is 4.57 Å². The Morgan fingerprint density at radius 2 is 1.89 bits per heavy atom. The fourth-order valence-corrected chi connectivity index (χ4v) is 7.38. The topological polar surface area (TPSA) is 79.1 Å². The van der Waals surface area contributed by atoms with Crippen LogP contribution < -0.4 is 19.6 Å². The van der Waals surface area contributed by atoms with E-state index in [4.69, 9.17) is 19.2 Å². The first-order chi connectivity index (χ1) is 21.4. The van der Waals surface area contributed by atoms with E-state index in [0.717, 1.165) is 32.1 Å². The number of allylic oxidation sites excluding steroid dienone is 4. The maximum Gasteiger partial charge on any atom is 0.338 e. The van der Waals surface area contributed by atoms with Gasteiger partial charge in [0.2, 0.25) is 0 Å². The van der Waals surface area contributed by atoms with Gasteiger partial charge in [0, 0.05) is 16.0 Å². The Labute approximate surface area is 267 Å². The number of esters is 1. The lowest BCUT2D eigenvalue weighted by Gasteiger charge is -2.27. The quantitative estimate of drug-likeness (QED) is 0.205. The monoisotopic (exact) mass is 670 g/mol. The molecular weight excluding hydrogens is 640 g/mol. The van der Waals surface area contributed by atoms with Gasteiger partial charge in [-0.25, -0.2) is 9.79 Å². The fourth-order valence-electron chi connectivity index (χ4n) is 5.66. The van der Waals surface area contributed by atoms with Crippen LogP contribution in [0.15, 0.2) is 110 Å². The second-order valence-corrected chi connectivity index (χ2v) is 12.5. The first kappa shape index (κ1) is 29.8. The Morgan fingerprint density at radius 3 is 2.64 bits per heavy atom. The SMILES string of the molecule is CCOC(=O)C1=C(C)N=c2s/c(=C\[C@H]3C=CC(OCc4ccccc4)=C(Br)C3)c(=O)n2[C@@H]1c1c(OC)ccc2ccccc12. The largest absolute Gasteiger partial charge is 0.496 e. The van der Waals surface area contributed by atoms with Crippen LogP contribution >= 0.6 is 27.3 Å². The van der Waals surface area contributed by atoms with Gasteiger partial charge in [-0.1, -0.05) is 100 Å². The zero-order chi connectivity index (χ0) is 30.8. The first-order valence-corrected chi connectivity index (χ1v) is 16.0. The van der Waals surface area contributed by atoms with Gasteiger partial charge in [0.15, 0.2) is 4.80 Å². The molecule has 4 aromatic rings. The second-order valence-electron chi connectivity index (χ2n) is 10.5. The summed E-state index contributed by atoms with van der Waals surface area (Å²) in [6.45, 7) is 4.22. The van der Waals surface area contributed by atoms with Gasteiger partial charge < -0.3 is 14.2 Å². The average molecular weight is 672 g/mol. The Kier molecular flexibility index (Phi) is 8.68. The number of ether oxygens (including phenoxy) is 3. The van der Waals surface area contributed by atoms with Crippen molar-refractivity contribution < 1.29 is 19.0 Å². The number of nitrogens with zero attached hydrogens (tertiary/aromatic N) is 2. The molecule has 3 aromatic carbocycles. The molecular formula is C35H31BrN2O5S. The molecule has 6 rings (SSSR count). The summed E-state index contributed by atoms with van der Waals surface area (Å²) in [5, 5.41) is 1.85. The lowest BCUT2D eigenvalue weighted by atomic mass is 9.90. The second kappa shape index (κ2) is 12.8. The highest BCUT2D eigenvalue weighted by atomic mass is 79.9. The predicted molar refractivity (Wildman–Crippen MR) is 176 cm³/mol. The maximum absolute atomic E-state index is 14.2. The van der Waals surface area contributed by atoms with E-state index < -0.39 is 12.0 Å². The summed E-state index contributed by atoms with van der Waals surface area (Å²) < 4.78 is 20.5. The standard InChI is InChI=1S/C35H31BrN2O5S/c1-4-42-34(40)30-21(2)37-35-38(32(30)31-25-13-9-8-12-24(25)15-17-28(31)41-3)33(39)29(44-35)19-23-14-16-27(26(36)18-23)43-20-22-10-6-5-7-11-22/h5-17,19,23,32H,4,18,20H2,1-3H3/b29-19-/t23-,32-/m0/s1. The van der Waals surface area contributed by atoms with Crippen LogP contribution in [0.4, 0.5) is 0 Å². The third-order valence-corrected chi connectivity index (χ3v) is 9.44. The molecule has 224 valence electrons. The summed E-state index contributed by atoms with van der Waals surface area (Å²) >= 11 is 5.01. The van der Waals surface area contributed by atoms with E-state index in [9.17, 15) is 9.59 Å². The zero-order valence-electron chi connectivity index (χ0n) is 24.6. The number of benzene rings is 3. The van der Waals surface area contributed by atoms with Gasteiger partial charge in [0.25, 0.3) is 5.56 Å². The summed E-state index contributed by atoms with van der Waals surface area (Å²) in [4.78, 5) is 33.0. The molecule has 1 aliphatic heterocycles. The minimum atomic E-state index is -0.778. The number of hydrogen-bond donors (Lipinski definition) is 0. The number of carbonyl (C=O) groups excluding carboxylic acids is 1. The third kappa shape index (κ3) is 5.69. The minimum absolute atomic E-state index is 0.0361. The van der Waals surface area contributed by atoms with E-state index in [-0.39, 0.29) is 18.1 Å². The van der Waals surface area contributed by atoms with Crippen molar-refractivity contribution in [2.45, 2.75) is 32.9 Å². The molecule has 1 aromatic heterocycles. The first-order valence-electron chi connectivity index (χ1n) is 14.4. The Hall–Kier alpha value is -4.21. The van der Waals surface area contributed by atoms with E-state index >= 15 is 0 Å². The molecule has 0 fully saturated rings. The number of halogens is 1. The van der Waals surface area contributed by atoms with Gasteiger partial charge >= 0.3 is 5.97 Å². The van der Waals surface area contributed by atoms with Crippen molar-refractivity contribution in [3.05, 3.63) is 131 Å². The summed E-state index contributed by atoms with van der Waals surface area (Å²) in [5.41, 5.74) is 2.43. The highest BCUT2D eigenvalue weighted by molar-refractivity contribution is 9.11. The molecule has 1 aliphatic carbocycles. The highest BCUT2D eigenvalue weighted by Gasteiger charge is 2.36. The number of fused-ring (bicyclic) bond motifs is 2. The molecule has 2 atom stereocenters. The van der Waals surface area contributed by atoms with Crippen LogP contribution in [0.25, 0.3) is 16.8 Å². The van der Waals surface area contributed by atoms with Gasteiger partial charge in [-0.2, -0.15) is 0 Å². The van der Waals surface area contributed by atoms with Gasteiger partial charge in [-0.15, -0.1) is 0 Å². The molecule has 44 heavy (non-hydrogen) atoms. The van der Waals surface area contributed by atoms with Gasteiger partial charge in [0.05, 0.1) is 29.5 Å². The Morgan fingerprint density at radius 1 is 1.11 bits per heavy atom. The van der Waals surface area contributed by atoms with Crippen LogP contribution in [0.3, 0.4) is 0 Å². The number of aromatic nitrogens is 1. The Bertz CT molecular complexity index is 2020. The molecule has 0 unspecified atom stereocenters. The molecule has 0 amide bonds. The summed E-state index contributed by atoms with van der Waals surface area (Å²) in [6.07, 6.45) is 6.61. The van der Waals surface area contributed by atoms with Crippen molar-refractivity contribution in [3.63, 3.8) is 0 Å². The molecule has 7 nitrogen and oxygen atoms in total. The fraction of sp³-hybridized carbons (Fsp3) is 0.229. The van der Waals surface area contributed by atoms with Crippen molar-refractivity contribution in [3.8, 4) is 5.75 Å². The number of hydrogen-bond acceptors (Lipinski definition) is 7. The van der Waals surface area contributed by atoms with Crippen LogP contribution in [0.1, 0.15) is 37.4 Å². The summed E-state index contributed by atoms with van der Waals surface area (Å²) in [5.74, 6) is 0.811. The van der Waals surface area contributed by atoms with E-state index in [1.54, 1.807) is 25.5 Å². The number of rotatable bonds is 8. The van der Waals surface area contributed by atoms with Gasteiger partial charge in [0.1, 0.15) is 24.2 Å². The van der Waals surface area contributed by atoms with Crippen molar-refractivity contribution in [1.29, 1.82) is 0 Å². The summed E-state index contributed by atoms with van der Waals surface area (Å²) in [7, 11) is 1.59. The predicted octanol–water partition coefficient (Wildman–Crippen LogP) is 6.31. The van der Waals surface area contributed by atoms with Crippen LogP contribution in [0.5, 0.6) is 5.75 Å². The van der Waals surface area contributed by atoms with E-state index in [0.29, 0.717) is 39.4 Å². The van der Waals surface area contributed by atoms with E-state index in [2.05, 4.69) is 15.9 Å². The molecule has 2 heterocycles. The number of carbonyl (C=O) groups is 1. The van der Waals surface area contributed by atoms with Gasteiger partial charge in [-0.05, 0) is 48.7 Å². The molecule has 2 aliphatic rings. The van der Waals surface area contributed by atoms with E-state index in [1.165, 1.54) is 11.3 Å². The molecule has 0 N–H and O–H groups in total. The maximum atomic E-state index is 14.2. The van der Waals surface area contributed by atoms with Crippen LogP contribution in [-0.2, 0) is 20.9 Å². The molecule has 0 bridgehead atoms. The number of thiazole rings is 1. The molecule has 0 radical (unpaired) electrons. The molecule has 0 saturated heterocycles. The minimum Gasteiger partial charge on any atom is -0.496 e. The third-order valence-electron chi connectivity index (χ3n) is 7.72. The van der Waals surface area contributed by atoms with Crippen molar-refractivity contribution >= 4 is 50.1 Å². The molecule has 9 heteroatoms. The number of methoxy groups -OCH3 is 1. The molecule has 0 spiro atoms. The van der Waals surface area contributed by atoms with Crippen molar-refractivity contribution in [2.75, 3.05) is 13.7 Å². The molecule has 0 saturated carbocycles. The van der Waals surface area contributed by atoms with Gasteiger partial charge in [-0.3, -0.25) is 9.36 Å². The normalized spacial score (nSPS) is 18.3. The van der Waals surface area contributed by atoms with Crippen molar-refractivity contribution in [2.24, 2.45) is 10.9 Å². The lowest BCUT2D eigenvalue weighted by Crippen LogP contribution is -2.40. The summed E-state index contributed by atoms with van der Waals surface area (Å²) in [6, 6.07) is 21.0.